The molecule has 0 radical (unpaired) electrons. The second-order valence-corrected chi connectivity index (χ2v) is 3.59. The van der Waals surface area contributed by atoms with Crippen molar-refractivity contribution in [2.24, 2.45) is 11.1 Å². The highest BCUT2D eigenvalue weighted by atomic mass is 16.6. The summed E-state index contributed by atoms with van der Waals surface area (Å²) in [7, 11) is 1.59. The van der Waals surface area contributed by atoms with Gasteiger partial charge in [0, 0.05) is 6.42 Å². The maximum Gasteiger partial charge on any atom is 0.106 e. The van der Waals surface area contributed by atoms with Crippen LogP contribution in [-0.4, -0.2) is 12.8 Å². The molecule has 1 unspecified atom stereocenters. The van der Waals surface area contributed by atoms with Crippen LogP contribution in [0, 0.1) is 5.92 Å². The molecular formula is C11H17NO. The van der Waals surface area contributed by atoms with E-state index in [9.17, 15) is 0 Å². The number of oxime groups is 1. The van der Waals surface area contributed by atoms with Crippen molar-refractivity contribution >= 4 is 5.71 Å². The minimum Gasteiger partial charge on any atom is -0.399 e. The lowest BCUT2D eigenvalue weighted by molar-refractivity contribution is 0.212. The zero-order chi connectivity index (χ0) is 9.84. The van der Waals surface area contributed by atoms with Crippen molar-refractivity contribution in [2.75, 3.05) is 7.11 Å². The molecule has 72 valence electrons. The molecule has 0 bridgehead atoms. The third kappa shape index (κ3) is 2.44. The van der Waals surface area contributed by atoms with Gasteiger partial charge in [-0.3, -0.25) is 0 Å². The SMILES string of the molecule is C=C(C)C1CC=C(C)/C(=N/OC)C1. The van der Waals surface area contributed by atoms with Crippen molar-refractivity contribution in [3.63, 3.8) is 0 Å². The van der Waals surface area contributed by atoms with Gasteiger partial charge in [0.05, 0.1) is 5.71 Å². The van der Waals surface area contributed by atoms with Gasteiger partial charge in [0.25, 0.3) is 0 Å². The first-order valence-electron chi connectivity index (χ1n) is 4.57. The molecule has 1 atom stereocenters. The van der Waals surface area contributed by atoms with E-state index in [0.29, 0.717) is 5.92 Å². The molecule has 0 aromatic heterocycles. The molecule has 0 aromatic carbocycles. The summed E-state index contributed by atoms with van der Waals surface area (Å²) in [5.74, 6) is 0.539. The molecule has 0 saturated carbocycles. The van der Waals surface area contributed by atoms with Gasteiger partial charge in [-0.1, -0.05) is 23.4 Å². The summed E-state index contributed by atoms with van der Waals surface area (Å²) in [4.78, 5) is 4.80. The second kappa shape index (κ2) is 4.26. The molecule has 1 rings (SSSR count). The summed E-state index contributed by atoms with van der Waals surface area (Å²) >= 11 is 0. The van der Waals surface area contributed by atoms with Crippen LogP contribution >= 0.6 is 0 Å². The van der Waals surface area contributed by atoms with Gasteiger partial charge in [-0.05, 0) is 31.8 Å². The van der Waals surface area contributed by atoms with Crippen LogP contribution in [0.2, 0.25) is 0 Å². The van der Waals surface area contributed by atoms with Gasteiger partial charge in [0.15, 0.2) is 0 Å². The van der Waals surface area contributed by atoms with Gasteiger partial charge < -0.3 is 4.84 Å². The van der Waals surface area contributed by atoms with Crippen molar-refractivity contribution < 1.29 is 4.84 Å². The van der Waals surface area contributed by atoms with Crippen molar-refractivity contribution in [1.82, 2.24) is 0 Å². The molecule has 1 aliphatic carbocycles. The third-order valence-corrected chi connectivity index (χ3v) is 2.50. The predicted octanol–water partition coefficient (Wildman–Crippen LogP) is 2.92. The number of allylic oxidation sites excluding steroid dienone is 3. The minimum atomic E-state index is 0.539. The Morgan fingerprint density at radius 3 is 2.92 bits per heavy atom. The van der Waals surface area contributed by atoms with Crippen LogP contribution < -0.4 is 0 Å². The molecule has 0 heterocycles. The second-order valence-electron chi connectivity index (χ2n) is 3.59. The molecule has 13 heavy (non-hydrogen) atoms. The number of hydrogen-bond donors (Lipinski definition) is 0. The first-order chi connectivity index (χ1) is 6.15. The Labute approximate surface area is 80.0 Å². The van der Waals surface area contributed by atoms with E-state index < -0.39 is 0 Å². The Morgan fingerprint density at radius 2 is 2.38 bits per heavy atom. The maximum absolute atomic E-state index is 4.80. The zero-order valence-corrected chi connectivity index (χ0v) is 8.63. The van der Waals surface area contributed by atoms with Crippen molar-refractivity contribution in [2.45, 2.75) is 26.7 Å². The van der Waals surface area contributed by atoms with Gasteiger partial charge >= 0.3 is 0 Å². The average Bonchev–Trinajstić information content (AvgIpc) is 2.08. The monoisotopic (exact) mass is 179 g/mol. The Kier molecular flexibility index (Phi) is 3.29. The van der Waals surface area contributed by atoms with Gasteiger partial charge in [-0.25, -0.2) is 0 Å². The van der Waals surface area contributed by atoms with Gasteiger partial charge in [0.1, 0.15) is 7.11 Å². The lowest BCUT2D eigenvalue weighted by Crippen LogP contribution is -2.15. The highest BCUT2D eigenvalue weighted by Crippen LogP contribution is 2.26. The molecule has 2 heteroatoms. The van der Waals surface area contributed by atoms with E-state index >= 15 is 0 Å². The lowest BCUT2D eigenvalue weighted by Gasteiger charge is -2.21. The van der Waals surface area contributed by atoms with E-state index in [4.69, 9.17) is 4.84 Å². The molecule has 0 aromatic rings. The largest absolute Gasteiger partial charge is 0.399 e. The minimum absolute atomic E-state index is 0.539. The quantitative estimate of drug-likeness (QED) is 0.472. The van der Waals surface area contributed by atoms with E-state index in [1.54, 1.807) is 7.11 Å². The Hall–Kier alpha value is -1.05. The Balaban J connectivity index is 2.77. The van der Waals surface area contributed by atoms with E-state index in [2.05, 4.69) is 31.7 Å². The van der Waals surface area contributed by atoms with Crippen LogP contribution in [-0.2, 0) is 4.84 Å². The molecule has 2 nitrogen and oxygen atoms in total. The van der Waals surface area contributed by atoms with Gasteiger partial charge in [-0.2, -0.15) is 0 Å². The van der Waals surface area contributed by atoms with Crippen LogP contribution in [0.15, 0.2) is 29.0 Å². The van der Waals surface area contributed by atoms with E-state index in [1.165, 1.54) is 11.1 Å². The molecule has 1 aliphatic rings. The van der Waals surface area contributed by atoms with Crippen molar-refractivity contribution in [3.05, 3.63) is 23.8 Å². The molecular weight excluding hydrogens is 162 g/mol. The van der Waals surface area contributed by atoms with Crippen LogP contribution in [0.4, 0.5) is 0 Å². The molecule has 0 amide bonds. The number of hydrogen-bond acceptors (Lipinski definition) is 2. The normalized spacial score (nSPS) is 25.6. The standard InChI is InChI=1S/C11H17NO/c1-8(2)10-6-5-9(3)11(7-10)12-13-4/h5,10H,1,6-7H2,2-4H3/b12-11+. The molecule has 0 spiro atoms. The topological polar surface area (TPSA) is 21.6 Å². The fourth-order valence-electron chi connectivity index (χ4n) is 1.51. The van der Waals surface area contributed by atoms with Gasteiger partial charge in [0.2, 0.25) is 0 Å². The summed E-state index contributed by atoms with van der Waals surface area (Å²) in [6, 6.07) is 0. The summed E-state index contributed by atoms with van der Waals surface area (Å²) < 4.78 is 0. The summed E-state index contributed by atoms with van der Waals surface area (Å²) in [5, 5.41) is 4.00. The first-order valence-corrected chi connectivity index (χ1v) is 4.57. The first kappa shape index (κ1) is 10.0. The number of rotatable bonds is 2. The molecule has 0 fully saturated rings. The number of nitrogens with zero attached hydrogens (tertiary/aromatic N) is 1. The smallest absolute Gasteiger partial charge is 0.106 e. The summed E-state index contributed by atoms with van der Waals surface area (Å²) in [6.45, 7) is 8.12. The summed E-state index contributed by atoms with van der Waals surface area (Å²) in [6.07, 6.45) is 4.26. The third-order valence-electron chi connectivity index (χ3n) is 2.50. The zero-order valence-electron chi connectivity index (χ0n) is 8.63. The van der Waals surface area contributed by atoms with Crippen LogP contribution in [0.25, 0.3) is 0 Å². The molecule has 0 N–H and O–H groups in total. The Bertz CT molecular complexity index is 263. The van der Waals surface area contributed by atoms with Gasteiger partial charge in [-0.15, -0.1) is 0 Å². The maximum atomic E-state index is 4.80. The highest BCUT2D eigenvalue weighted by molar-refractivity contribution is 6.00. The molecule has 0 aliphatic heterocycles. The van der Waals surface area contributed by atoms with Crippen molar-refractivity contribution in [3.8, 4) is 0 Å². The van der Waals surface area contributed by atoms with Crippen molar-refractivity contribution in [1.29, 1.82) is 0 Å². The fraction of sp³-hybridized carbons (Fsp3) is 0.545. The average molecular weight is 179 g/mol. The Morgan fingerprint density at radius 1 is 1.69 bits per heavy atom. The summed E-state index contributed by atoms with van der Waals surface area (Å²) in [5.41, 5.74) is 3.52. The fourth-order valence-corrected chi connectivity index (χ4v) is 1.51. The van der Waals surface area contributed by atoms with E-state index in [0.717, 1.165) is 18.6 Å². The van der Waals surface area contributed by atoms with Crippen LogP contribution in [0.5, 0.6) is 0 Å². The highest BCUT2D eigenvalue weighted by Gasteiger charge is 2.18. The predicted molar refractivity (Wildman–Crippen MR) is 55.7 cm³/mol. The molecule has 0 saturated heterocycles. The lowest BCUT2D eigenvalue weighted by atomic mass is 9.85. The van der Waals surface area contributed by atoms with Crippen LogP contribution in [0.3, 0.4) is 0 Å². The van der Waals surface area contributed by atoms with Crippen LogP contribution in [0.1, 0.15) is 26.7 Å². The van der Waals surface area contributed by atoms with E-state index in [-0.39, 0.29) is 0 Å². The van der Waals surface area contributed by atoms with E-state index in [1.807, 2.05) is 0 Å².